The first-order valence-corrected chi connectivity index (χ1v) is 7.60. The number of hydrogen-bond donors (Lipinski definition) is 0. The van der Waals surface area contributed by atoms with Crippen LogP contribution in [0.1, 0.15) is 15.9 Å². The van der Waals surface area contributed by atoms with Crippen molar-refractivity contribution in [2.75, 3.05) is 0 Å². The van der Waals surface area contributed by atoms with Gasteiger partial charge >= 0.3 is 108 Å². The Hall–Kier alpha value is -1.37. The maximum absolute atomic E-state index is 11.9. The van der Waals surface area contributed by atoms with Crippen LogP contribution in [0.25, 0.3) is 0 Å². The van der Waals surface area contributed by atoms with Crippen LogP contribution in [0.4, 0.5) is 0 Å². The third-order valence-corrected chi connectivity index (χ3v) is 4.61. The minimum absolute atomic E-state index is 0.239. The van der Waals surface area contributed by atoms with Crippen molar-refractivity contribution in [3.8, 4) is 0 Å². The number of carbonyl (C=O) groups excluding carboxylic acids is 1. The molecule has 0 radical (unpaired) electrons. The van der Waals surface area contributed by atoms with E-state index in [4.69, 9.17) is 0 Å². The summed E-state index contributed by atoms with van der Waals surface area (Å²) in [5, 5.41) is 0.639. The Labute approximate surface area is 108 Å². The topological polar surface area (TPSA) is 17.1 Å². The predicted octanol–water partition coefficient (Wildman–Crippen LogP) is 2.63. The van der Waals surface area contributed by atoms with E-state index in [2.05, 4.69) is 12.1 Å². The number of Topliss-reactive ketones (excluding diaryl/α,β-unsaturated/α-hetero) is 1. The molecule has 86 valence electrons. The summed E-state index contributed by atoms with van der Waals surface area (Å²) in [5.41, 5.74) is 2.02. The zero-order chi connectivity index (χ0) is 12.1. The summed E-state index contributed by atoms with van der Waals surface area (Å²) in [6.45, 7) is 2.03. The van der Waals surface area contributed by atoms with Gasteiger partial charge in [0.05, 0.1) is 0 Å². The molecule has 0 amide bonds. The van der Waals surface area contributed by atoms with Crippen molar-refractivity contribution in [3.63, 3.8) is 0 Å². The second-order valence-corrected chi connectivity index (χ2v) is 6.09. The van der Waals surface area contributed by atoms with Crippen LogP contribution in [-0.4, -0.2) is 20.7 Å². The zero-order valence-electron chi connectivity index (χ0n) is 9.72. The number of carbonyl (C=O) groups is 1. The molecule has 2 heteroatoms. The van der Waals surface area contributed by atoms with E-state index in [9.17, 15) is 4.79 Å². The Morgan fingerprint density at radius 1 is 1.00 bits per heavy atom. The third kappa shape index (κ3) is 3.55. The SMILES string of the molecule is Cc1ccc(C(=O)C[Se]c2ccccc2)cc1. The summed E-state index contributed by atoms with van der Waals surface area (Å²) in [7, 11) is 0. The molecular formula is C15H14OSe. The molecule has 2 aromatic rings. The summed E-state index contributed by atoms with van der Waals surface area (Å²) < 4.78 is 1.28. The average molecular weight is 289 g/mol. The van der Waals surface area contributed by atoms with Crippen LogP contribution in [0.15, 0.2) is 54.6 Å². The van der Waals surface area contributed by atoms with Crippen LogP contribution < -0.4 is 4.46 Å². The van der Waals surface area contributed by atoms with Crippen LogP contribution in [0.2, 0.25) is 5.32 Å². The van der Waals surface area contributed by atoms with Gasteiger partial charge < -0.3 is 0 Å². The molecule has 0 fully saturated rings. The molecule has 0 aliphatic rings. The van der Waals surface area contributed by atoms with E-state index in [1.165, 1.54) is 10.0 Å². The first-order valence-electron chi connectivity index (χ1n) is 5.53. The molecule has 0 unspecified atom stereocenters. The van der Waals surface area contributed by atoms with Gasteiger partial charge in [-0.15, -0.1) is 0 Å². The molecule has 0 atom stereocenters. The molecule has 0 N–H and O–H groups in total. The Morgan fingerprint density at radius 2 is 1.65 bits per heavy atom. The van der Waals surface area contributed by atoms with Crippen LogP contribution in [-0.2, 0) is 0 Å². The first kappa shape index (κ1) is 12.1. The summed E-state index contributed by atoms with van der Waals surface area (Å²) >= 11 is 0.239. The summed E-state index contributed by atoms with van der Waals surface area (Å²) in [6.07, 6.45) is 0. The monoisotopic (exact) mass is 290 g/mol. The van der Waals surface area contributed by atoms with Crippen LogP contribution in [0.3, 0.4) is 0 Å². The predicted molar refractivity (Wildman–Crippen MR) is 72.1 cm³/mol. The van der Waals surface area contributed by atoms with E-state index in [1.54, 1.807) is 0 Å². The minimum atomic E-state index is 0.239. The fourth-order valence-corrected chi connectivity index (χ4v) is 3.20. The van der Waals surface area contributed by atoms with Crippen LogP contribution in [0.5, 0.6) is 0 Å². The van der Waals surface area contributed by atoms with Gasteiger partial charge in [-0.05, 0) is 0 Å². The van der Waals surface area contributed by atoms with E-state index < -0.39 is 0 Å². The molecule has 0 aromatic heterocycles. The van der Waals surface area contributed by atoms with E-state index in [0.717, 1.165) is 5.56 Å². The van der Waals surface area contributed by atoms with Gasteiger partial charge in [0.15, 0.2) is 0 Å². The van der Waals surface area contributed by atoms with Gasteiger partial charge in [-0.1, -0.05) is 0 Å². The Balaban J connectivity index is 1.96. The summed E-state index contributed by atoms with van der Waals surface area (Å²) in [5.74, 6) is 0.244. The third-order valence-electron chi connectivity index (χ3n) is 2.49. The number of ketones is 1. The average Bonchev–Trinajstić information content (AvgIpc) is 2.38. The Bertz CT molecular complexity index is 488. The van der Waals surface area contributed by atoms with Gasteiger partial charge in [-0.2, -0.15) is 0 Å². The van der Waals surface area contributed by atoms with Crippen molar-refractivity contribution in [3.05, 3.63) is 65.7 Å². The van der Waals surface area contributed by atoms with Crippen molar-refractivity contribution < 1.29 is 4.79 Å². The van der Waals surface area contributed by atoms with Gasteiger partial charge in [-0.25, -0.2) is 0 Å². The van der Waals surface area contributed by atoms with E-state index in [-0.39, 0.29) is 20.7 Å². The molecule has 0 saturated heterocycles. The van der Waals surface area contributed by atoms with Crippen molar-refractivity contribution in [1.82, 2.24) is 0 Å². The van der Waals surface area contributed by atoms with Crippen molar-refractivity contribution in [1.29, 1.82) is 0 Å². The quantitative estimate of drug-likeness (QED) is 0.624. The number of rotatable bonds is 4. The summed E-state index contributed by atoms with van der Waals surface area (Å²) in [6, 6.07) is 18.0. The molecule has 1 nitrogen and oxygen atoms in total. The molecule has 17 heavy (non-hydrogen) atoms. The summed E-state index contributed by atoms with van der Waals surface area (Å²) in [4.78, 5) is 11.9. The molecule has 0 bridgehead atoms. The van der Waals surface area contributed by atoms with Crippen molar-refractivity contribution >= 4 is 25.2 Å². The zero-order valence-corrected chi connectivity index (χ0v) is 11.4. The van der Waals surface area contributed by atoms with Gasteiger partial charge in [0.2, 0.25) is 0 Å². The van der Waals surface area contributed by atoms with Crippen molar-refractivity contribution in [2.45, 2.75) is 12.2 Å². The number of hydrogen-bond acceptors (Lipinski definition) is 1. The van der Waals surface area contributed by atoms with Crippen LogP contribution in [0, 0.1) is 6.92 Å². The molecule has 2 aromatic carbocycles. The molecule has 0 aliphatic carbocycles. The maximum atomic E-state index is 11.9. The van der Waals surface area contributed by atoms with Crippen molar-refractivity contribution in [2.24, 2.45) is 0 Å². The molecule has 0 heterocycles. The fourth-order valence-electron chi connectivity index (χ4n) is 1.49. The number of benzene rings is 2. The second kappa shape index (κ2) is 5.81. The van der Waals surface area contributed by atoms with E-state index in [0.29, 0.717) is 5.32 Å². The fraction of sp³-hybridized carbons (Fsp3) is 0.133. The Morgan fingerprint density at radius 3 is 2.29 bits per heavy atom. The van der Waals surface area contributed by atoms with Gasteiger partial charge in [0.1, 0.15) is 0 Å². The first-order chi connectivity index (χ1) is 8.25. The number of aryl methyl sites for hydroxylation is 1. The van der Waals surface area contributed by atoms with Crippen LogP contribution >= 0.6 is 0 Å². The van der Waals surface area contributed by atoms with Gasteiger partial charge in [0.25, 0.3) is 0 Å². The second-order valence-electron chi connectivity index (χ2n) is 3.89. The molecule has 0 spiro atoms. The van der Waals surface area contributed by atoms with Gasteiger partial charge in [-0.3, -0.25) is 0 Å². The standard InChI is InChI=1S/C15H14OSe/c1-12-7-9-13(10-8-12)15(16)11-17-14-5-3-2-4-6-14/h2-10H,11H2,1H3. The molecule has 0 aliphatic heterocycles. The molecule has 2 rings (SSSR count). The van der Waals surface area contributed by atoms with E-state index >= 15 is 0 Å². The Kier molecular flexibility index (Phi) is 4.13. The molecular weight excluding hydrogens is 275 g/mol. The normalized spacial score (nSPS) is 10.2. The van der Waals surface area contributed by atoms with E-state index in [1.807, 2.05) is 49.4 Å². The molecule has 0 saturated carbocycles. The van der Waals surface area contributed by atoms with Gasteiger partial charge in [0, 0.05) is 0 Å².